The Kier molecular flexibility index (Phi) is 7.61. The number of nitrogens with one attached hydrogen (secondary N) is 2. The second-order valence-electron chi connectivity index (χ2n) is 12.7. The molecule has 10 heteroatoms. The van der Waals surface area contributed by atoms with E-state index in [9.17, 15) is 4.79 Å². The number of hydrogen-bond acceptors (Lipinski definition) is 7. The standard InChI is InChI=1S/C35H39FN8O/c1-21-9-11-27(28(15-21)31-13-14-38-42(31)4)29-16-24-18-37-35(41-33(24)44(34(29)45)26-7-5-6-8-26)40-25-10-12-32(30(36)17-25)43-19-22(2)39-23(3)20-43/h9-18,22-23,26,39H,5-8,19-20H2,1-4H3,(H,37,40,41)/t22-,23+. The molecule has 3 aromatic heterocycles. The molecule has 2 fully saturated rings. The van der Waals surface area contributed by atoms with Crippen LogP contribution >= 0.6 is 0 Å². The van der Waals surface area contributed by atoms with Crippen molar-refractivity contribution in [2.75, 3.05) is 23.3 Å². The van der Waals surface area contributed by atoms with Crippen molar-refractivity contribution in [3.8, 4) is 22.4 Å². The zero-order valence-corrected chi connectivity index (χ0v) is 26.2. The molecule has 45 heavy (non-hydrogen) atoms. The first kappa shape index (κ1) is 29.2. The van der Waals surface area contributed by atoms with Gasteiger partial charge in [-0.25, -0.2) is 9.37 Å². The van der Waals surface area contributed by atoms with Gasteiger partial charge in [0.1, 0.15) is 11.5 Å². The first-order valence-electron chi connectivity index (χ1n) is 15.8. The molecule has 1 saturated carbocycles. The summed E-state index contributed by atoms with van der Waals surface area (Å²) >= 11 is 0. The van der Waals surface area contributed by atoms with Crippen LogP contribution in [0.4, 0.5) is 21.7 Å². The topological polar surface area (TPSA) is 92.9 Å². The predicted octanol–water partition coefficient (Wildman–Crippen LogP) is 6.35. The number of aromatic nitrogens is 5. The van der Waals surface area contributed by atoms with Crippen molar-refractivity contribution >= 4 is 28.4 Å². The van der Waals surface area contributed by atoms with Crippen LogP contribution in [0.15, 0.2) is 65.7 Å². The summed E-state index contributed by atoms with van der Waals surface area (Å²) in [6, 6.07) is 15.8. The molecule has 0 unspecified atom stereocenters. The number of aryl methyl sites for hydroxylation is 2. The van der Waals surface area contributed by atoms with Gasteiger partial charge in [0, 0.05) is 72.9 Å². The Bertz CT molecular complexity index is 1930. The molecule has 2 atom stereocenters. The molecule has 0 bridgehead atoms. The molecular formula is C35H39FN8O. The number of rotatable bonds is 6. The third-order valence-corrected chi connectivity index (χ3v) is 9.13. The van der Waals surface area contributed by atoms with Crippen molar-refractivity contribution in [2.45, 2.75) is 64.6 Å². The van der Waals surface area contributed by atoms with E-state index in [1.807, 2.05) is 52.7 Å². The molecule has 0 amide bonds. The molecule has 1 saturated heterocycles. The molecule has 1 aliphatic carbocycles. The fraction of sp³-hybridized carbons (Fsp3) is 0.371. The number of nitrogens with zero attached hydrogens (tertiary/aromatic N) is 6. The van der Waals surface area contributed by atoms with Crippen molar-refractivity contribution in [3.05, 3.63) is 82.7 Å². The number of benzene rings is 2. The molecule has 4 heterocycles. The largest absolute Gasteiger partial charge is 0.366 e. The van der Waals surface area contributed by atoms with Gasteiger partial charge >= 0.3 is 0 Å². The average Bonchev–Trinajstić information content (AvgIpc) is 3.69. The van der Waals surface area contributed by atoms with Gasteiger partial charge in [-0.1, -0.05) is 30.5 Å². The SMILES string of the molecule is Cc1ccc(-c2cc3cnc(Nc4ccc(N5C[C@@H](C)N[C@@H](C)C5)c(F)c4)nc3n(C3CCCC3)c2=O)c(-c2ccnn2C)c1. The molecule has 0 spiro atoms. The summed E-state index contributed by atoms with van der Waals surface area (Å²) in [6.45, 7) is 7.77. The minimum atomic E-state index is -0.295. The second kappa shape index (κ2) is 11.7. The molecule has 2 aromatic carbocycles. The molecule has 2 N–H and O–H groups in total. The van der Waals surface area contributed by atoms with E-state index in [2.05, 4.69) is 52.5 Å². The quantitative estimate of drug-likeness (QED) is 0.233. The highest BCUT2D eigenvalue weighted by atomic mass is 19.1. The lowest BCUT2D eigenvalue weighted by Gasteiger charge is -2.37. The van der Waals surface area contributed by atoms with Crippen LogP contribution in [-0.2, 0) is 7.05 Å². The lowest BCUT2D eigenvalue weighted by atomic mass is 9.95. The van der Waals surface area contributed by atoms with E-state index >= 15 is 4.39 Å². The van der Waals surface area contributed by atoms with E-state index in [1.165, 1.54) is 6.07 Å². The van der Waals surface area contributed by atoms with Crippen molar-refractivity contribution < 1.29 is 4.39 Å². The molecule has 1 aliphatic heterocycles. The Morgan fingerprint density at radius 3 is 2.44 bits per heavy atom. The zero-order chi connectivity index (χ0) is 31.2. The van der Waals surface area contributed by atoms with Gasteiger partial charge in [0.2, 0.25) is 5.95 Å². The van der Waals surface area contributed by atoms with Crippen LogP contribution in [0.2, 0.25) is 0 Å². The van der Waals surface area contributed by atoms with Crippen molar-refractivity contribution in [2.24, 2.45) is 7.05 Å². The van der Waals surface area contributed by atoms with Crippen molar-refractivity contribution in [3.63, 3.8) is 0 Å². The summed E-state index contributed by atoms with van der Waals surface area (Å²) in [4.78, 5) is 26.0. The first-order valence-corrected chi connectivity index (χ1v) is 15.8. The van der Waals surface area contributed by atoms with Gasteiger partial charge in [-0.15, -0.1) is 0 Å². The highest BCUT2D eigenvalue weighted by Crippen LogP contribution is 2.36. The lowest BCUT2D eigenvalue weighted by molar-refractivity contribution is 0.404. The number of halogens is 1. The molecule has 5 aromatic rings. The Labute approximate surface area is 262 Å². The Morgan fingerprint density at radius 1 is 0.956 bits per heavy atom. The number of hydrogen-bond donors (Lipinski definition) is 2. The van der Waals surface area contributed by atoms with Crippen LogP contribution < -0.4 is 21.1 Å². The van der Waals surface area contributed by atoms with Crippen LogP contribution in [0, 0.1) is 12.7 Å². The highest BCUT2D eigenvalue weighted by molar-refractivity contribution is 5.88. The molecule has 9 nitrogen and oxygen atoms in total. The molecule has 7 rings (SSSR count). The predicted molar refractivity (Wildman–Crippen MR) is 178 cm³/mol. The molecule has 2 aliphatic rings. The number of fused-ring (bicyclic) bond motifs is 1. The summed E-state index contributed by atoms with van der Waals surface area (Å²) in [5, 5.41) is 11.8. The van der Waals surface area contributed by atoms with Crippen LogP contribution in [-0.4, -0.2) is 49.5 Å². The third-order valence-electron chi connectivity index (χ3n) is 9.13. The fourth-order valence-electron chi connectivity index (χ4n) is 7.11. The van der Waals surface area contributed by atoms with Crippen molar-refractivity contribution in [1.29, 1.82) is 0 Å². The van der Waals surface area contributed by atoms with Gasteiger partial charge in [-0.3, -0.25) is 14.0 Å². The molecular weight excluding hydrogens is 567 g/mol. The van der Waals surface area contributed by atoms with Crippen molar-refractivity contribution in [1.82, 2.24) is 29.6 Å². The van der Waals surface area contributed by atoms with E-state index in [4.69, 9.17) is 4.98 Å². The van der Waals surface area contributed by atoms with E-state index < -0.39 is 0 Å². The maximum absolute atomic E-state index is 15.4. The smallest absolute Gasteiger partial charge is 0.260 e. The van der Waals surface area contributed by atoms with E-state index in [0.29, 0.717) is 28.5 Å². The van der Waals surface area contributed by atoms with Crippen LogP contribution in [0.1, 0.15) is 51.1 Å². The summed E-state index contributed by atoms with van der Waals surface area (Å²) < 4.78 is 19.1. The fourth-order valence-corrected chi connectivity index (χ4v) is 7.11. The summed E-state index contributed by atoms with van der Waals surface area (Å²) in [5.41, 5.74) is 6.13. The Hall–Kier alpha value is -4.57. The first-order chi connectivity index (χ1) is 21.7. The Morgan fingerprint density at radius 2 is 1.73 bits per heavy atom. The highest BCUT2D eigenvalue weighted by Gasteiger charge is 2.26. The van der Waals surface area contributed by atoms with Crippen LogP contribution in [0.25, 0.3) is 33.4 Å². The van der Waals surface area contributed by atoms with Gasteiger partial charge in [0.05, 0.1) is 11.4 Å². The second-order valence-corrected chi connectivity index (χ2v) is 12.7. The lowest BCUT2D eigenvalue weighted by Crippen LogP contribution is -2.54. The van der Waals surface area contributed by atoms with E-state index in [-0.39, 0.29) is 29.5 Å². The molecule has 0 radical (unpaired) electrons. The normalized spacial score (nSPS) is 19.0. The molecule has 232 valence electrons. The maximum Gasteiger partial charge on any atom is 0.260 e. The number of anilines is 3. The van der Waals surface area contributed by atoms with Gasteiger partial charge in [-0.05, 0) is 75.6 Å². The summed E-state index contributed by atoms with van der Waals surface area (Å²) in [7, 11) is 1.91. The minimum Gasteiger partial charge on any atom is -0.366 e. The van der Waals surface area contributed by atoms with Gasteiger partial charge in [-0.2, -0.15) is 10.1 Å². The summed E-state index contributed by atoms with van der Waals surface area (Å²) in [6.07, 6.45) is 7.51. The zero-order valence-electron chi connectivity index (χ0n) is 26.2. The average molecular weight is 607 g/mol. The van der Waals surface area contributed by atoms with Gasteiger partial charge in [0.25, 0.3) is 5.56 Å². The van der Waals surface area contributed by atoms with Crippen LogP contribution in [0.3, 0.4) is 0 Å². The third kappa shape index (κ3) is 5.59. The minimum absolute atomic E-state index is 0.0499. The number of piperazine rings is 1. The van der Waals surface area contributed by atoms with E-state index in [1.54, 1.807) is 12.4 Å². The van der Waals surface area contributed by atoms with Gasteiger partial charge in [0.15, 0.2) is 0 Å². The summed E-state index contributed by atoms with van der Waals surface area (Å²) in [5.74, 6) is 0.0285. The maximum atomic E-state index is 15.4. The van der Waals surface area contributed by atoms with E-state index in [0.717, 1.165) is 66.5 Å². The monoisotopic (exact) mass is 606 g/mol. The van der Waals surface area contributed by atoms with Gasteiger partial charge < -0.3 is 15.5 Å². The Balaban J connectivity index is 1.28. The number of pyridine rings is 1. The van der Waals surface area contributed by atoms with Crippen LogP contribution in [0.5, 0.6) is 0 Å².